The average molecular weight is 440 g/mol. The molecule has 0 radical (unpaired) electrons. The zero-order valence-electron chi connectivity index (χ0n) is 14.8. The number of imidazole rings is 1. The summed E-state index contributed by atoms with van der Waals surface area (Å²) in [4.78, 5) is 27.6. The number of hydrogen-bond donors (Lipinski definition) is 2. The maximum atomic E-state index is 13.1. The number of alkyl halides is 3. The van der Waals surface area contributed by atoms with E-state index in [9.17, 15) is 22.8 Å². The van der Waals surface area contributed by atoms with E-state index < -0.39 is 24.5 Å². The van der Waals surface area contributed by atoms with E-state index in [0.717, 1.165) is 27.7 Å². The van der Waals surface area contributed by atoms with Gasteiger partial charge >= 0.3 is 6.18 Å². The van der Waals surface area contributed by atoms with Crippen LogP contribution < -0.4 is 11.1 Å². The molecule has 6 nitrogen and oxygen atoms in total. The van der Waals surface area contributed by atoms with Gasteiger partial charge in [0.15, 0.2) is 5.16 Å². The SMILES string of the molecule is NC(=O)c1ccsc1NC(=O)CSc1ncc(-c2ccccc2)n1CC(F)(F)F. The number of carbonyl (C=O) groups excluding carboxylic acids is 2. The number of amides is 2. The Morgan fingerprint density at radius 1 is 1.21 bits per heavy atom. The molecule has 0 saturated carbocycles. The van der Waals surface area contributed by atoms with Crippen molar-refractivity contribution in [3.05, 3.63) is 53.5 Å². The maximum Gasteiger partial charge on any atom is 0.406 e. The highest BCUT2D eigenvalue weighted by Gasteiger charge is 2.31. The lowest BCUT2D eigenvalue weighted by Crippen LogP contribution is -2.20. The normalized spacial score (nSPS) is 11.4. The van der Waals surface area contributed by atoms with Crippen LogP contribution in [0.2, 0.25) is 0 Å². The van der Waals surface area contributed by atoms with E-state index in [1.807, 2.05) is 0 Å². The molecule has 2 heterocycles. The van der Waals surface area contributed by atoms with Crippen LogP contribution in [0.25, 0.3) is 11.3 Å². The summed E-state index contributed by atoms with van der Waals surface area (Å²) in [6.07, 6.45) is -3.10. The summed E-state index contributed by atoms with van der Waals surface area (Å²) < 4.78 is 40.3. The molecule has 0 bridgehead atoms. The Bertz CT molecular complexity index is 1020. The van der Waals surface area contributed by atoms with Crippen molar-refractivity contribution < 1.29 is 22.8 Å². The summed E-state index contributed by atoms with van der Waals surface area (Å²) in [5, 5.41) is 4.51. The molecule has 0 unspecified atom stereocenters. The number of hydrogen-bond acceptors (Lipinski definition) is 5. The molecule has 0 aliphatic carbocycles. The molecule has 0 aliphatic rings. The Balaban J connectivity index is 1.76. The summed E-state index contributed by atoms with van der Waals surface area (Å²) in [7, 11) is 0. The van der Waals surface area contributed by atoms with Gasteiger partial charge in [0.05, 0.1) is 23.2 Å². The van der Waals surface area contributed by atoms with E-state index >= 15 is 0 Å². The van der Waals surface area contributed by atoms with Crippen molar-refractivity contribution in [2.75, 3.05) is 11.1 Å². The second-order valence-corrected chi connectivity index (χ2v) is 7.72. The molecule has 0 atom stereocenters. The van der Waals surface area contributed by atoms with Crippen molar-refractivity contribution >= 4 is 39.9 Å². The van der Waals surface area contributed by atoms with E-state index in [0.29, 0.717) is 16.3 Å². The highest BCUT2D eigenvalue weighted by Crippen LogP contribution is 2.30. The first-order valence-corrected chi connectivity index (χ1v) is 10.1. The lowest BCUT2D eigenvalue weighted by atomic mass is 10.2. The van der Waals surface area contributed by atoms with Crippen LogP contribution in [0.3, 0.4) is 0 Å². The number of benzene rings is 1. The smallest absolute Gasteiger partial charge is 0.366 e. The number of rotatable bonds is 7. The maximum absolute atomic E-state index is 13.1. The Kier molecular flexibility index (Phi) is 6.28. The van der Waals surface area contributed by atoms with Crippen LogP contribution in [0.5, 0.6) is 0 Å². The molecular formula is C18H15F3N4O2S2. The molecule has 0 aliphatic heterocycles. The fraction of sp³-hybridized carbons (Fsp3) is 0.167. The summed E-state index contributed by atoms with van der Waals surface area (Å²) >= 11 is 2.00. The fourth-order valence-corrected chi connectivity index (χ4v) is 4.13. The Morgan fingerprint density at radius 3 is 2.59 bits per heavy atom. The Morgan fingerprint density at radius 2 is 1.93 bits per heavy atom. The fourth-order valence-electron chi connectivity index (χ4n) is 2.54. The third-order valence-corrected chi connectivity index (χ3v) is 5.56. The number of nitrogens with two attached hydrogens (primary N) is 1. The van der Waals surface area contributed by atoms with Gasteiger partial charge in [-0.2, -0.15) is 13.2 Å². The minimum Gasteiger partial charge on any atom is -0.366 e. The van der Waals surface area contributed by atoms with E-state index in [1.165, 1.54) is 12.3 Å². The third-order valence-electron chi connectivity index (χ3n) is 3.74. The first kappa shape index (κ1) is 20.9. The number of nitrogens with zero attached hydrogens (tertiary/aromatic N) is 2. The lowest BCUT2D eigenvalue weighted by Gasteiger charge is -2.14. The molecule has 0 saturated heterocycles. The monoisotopic (exact) mass is 440 g/mol. The summed E-state index contributed by atoms with van der Waals surface area (Å²) in [5.74, 6) is -1.34. The quantitative estimate of drug-likeness (QED) is 0.544. The van der Waals surface area contributed by atoms with Crippen molar-refractivity contribution in [2.45, 2.75) is 17.9 Å². The van der Waals surface area contributed by atoms with Gasteiger partial charge < -0.3 is 15.6 Å². The van der Waals surface area contributed by atoms with Gasteiger partial charge in [-0.3, -0.25) is 9.59 Å². The molecule has 0 fully saturated rings. The van der Waals surface area contributed by atoms with E-state index in [2.05, 4.69) is 10.3 Å². The van der Waals surface area contributed by atoms with Crippen LogP contribution in [-0.2, 0) is 11.3 Å². The largest absolute Gasteiger partial charge is 0.406 e. The van der Waals surface area contributed by atoms with Gasteiger partial charge in [0.25, 0.3) is 5.91 Å². The van der Waals surface area contributed by atoms with Crippen LogP contribution in [0.1, 0.15) is 10.4 Å². The Hall–Kier alpha value is -2.79. The molecule has 11 heteroatoms. The molecular weight excluding hydrogens is 425 g/mol. The molecule has 2 aromatic heterocycles. The topological polar surface area (TPSA) is 90.0 Å². The van der Waals surface area contributed by atoms with Crippen molar-refractivity contribution in [2.24, 2.45) is 5.73 Å². The first-order chi connectivity index (χ1) is 13.7. The predicted octanol–water partition coefficient (Wildman–Crippen LogP) is 4.00. The highest BCUT2D eigenvalue weighted by molar-refractivity contribution is 7.99. The van der Waals surface area contributed by atoms with Gasteiger partial charge in [0.2, 0.25) is 5.91 Å². The molecule has 152 valence electrons. The van der Waals surface area contributed by atoms with Crippen LogP contribution in [0, 0.1) is 0 Å². The third kappa shape index (κ3) is 5.39. The number of anilines is 1. The van der Waals surface area contributed by atoms with Gasteiger partial charge in [0, 0.05) is 0 Å². The second-order valence-electron chi connectivity index (χ2n) is 5.86. The first-order valence-electron chi connectivity index (χ1n) is 8.22. The van der Waals surface area contributed by atoms with E-state index in [4.69, 9.17) is 5.73 Å². The number of thiophene rings is 1. The Labute approximate surface area is 171 Å². The van der Waals surface area contributed by atoms with Crippen molar-refractivity contribution in [3.63, 3.8) is 0 Å². The average Bonchev–Trinajstić information content (AvgIpc) is 3.26. The minimum atomic E-state index is -4.45. The van der Waals surface area contributed by atoms with Gasteiger partial charge in [0.1, 0.15) is 11.5 Å². The number of aromatic nitrogens is 2. The van der Waals surface area contributed by atoms with Crippen molar-refractivity contribution in [3.8, 4) is 11.3 Å². The van der Waals surface area contributed by atoms with E-state index in [-0.39, 0.29) is 16.5 Å². The van der Waals surface area contributed by atoms with Crippen LogP contribution >= 0.6 is 23.1 Å². The lowest BCUT2D eigenvalue weighted by molar-refractivity contribution is -0.141. The molecule has 3 N–H and O–H groups in total. The van der Waals surface area contributed by atoms with Crippen LogP contribution in [-0.4, -0.2) is 33.3 Å². The van der Waals surface area contributed by atoms with Crippen molar-refractivity contribution in [1.82, 2.24) is 9.55 Å². The minimum absolute atomic E-state index is 0.0673. The number of thioether (sulfide) groups is 1. The number of carbonyl (C=O) groups is 2. The van der Waals surface area contributed by atoms with Gasteiger partial charge in [-0.1, -0.05) is 42.1 Å². The van der Waals surface area contributed by atoms with Crippen molar-refractivity contribution in [1.29, 1.82) is 0 Å². The van der Waals surface area contributed by atoms with Crippen LogP contribution in [0.15, 0.2) is 53.1 Å². The summed E-state index contributed by atoms with van der Waals surface area (Å²) in [6.45, 7) is -1.22. The standard InChI is InChI=1S/C18H15F3N4O2S2/c19-18(20,21)10-25-13(11-4-2-1-3-5-11)8-23-17(25)29-9-14(26)24-16-12(15(22)27)6-7-28-16/h1-8H,9-10H2,(H2,22,27)(H,24,26). The summed E-state index contributed by atoms with van der Waals surface area (Å²) in [5.41, 5.74) is 6.30. The number of nitrogens with one attached hydrogen (secondary N) is 1. The molecule has 0 spiro atoms. The highest BCUT2D eigenvalue weighted by atomic mass is 32.2. The number of primary amides is 1. The predicted molar refractivity (Wildman–Crippen MR) is 106 cm³/mol. The molecule has 2 amide bonds. The number of halogens is 3. The molecule has 29 heavy (non-hydrogen) atoms. The van der Waals surface area contributed by atoms with E-state index in [1.54, 1.807) is 35.7 Å². The molecule has 1 aromatic carbocycles. The van der Waals surface area contributed by atoms with Crippen LogP contribution in [0.4, 0.5) is 18.2 Å². The van der Waals surface area contributed by atoms with Gasteiger partial charge in [-0.05, 0) is 17.0 Å². The molecule has 3 aromatic rings. The van der Waals surface area contributed by atoms with Gasteiger partial charge in [-0.25, -0.2) is 4.98 Å². The van der Waals surface area contributed by atoms with Gasteiger partial charge in [-0.15, -0.1) is 11.3 Å². The second kappa shape index (κ2) is 8.70. The molecule has 3 rings (SSSR count). The summed E-state index contributed by atoms with van der Waals surface area (Å²) in [6, 6.07) is 10.1. The zero-order valence-corrected chi connectivity index (χ0v) is 16.4. The zero-order chi connectivity index (χ0) is 21.0.